The summed E-state index contributed by atoms with van der Waals surface area (Å²) in [5, 5.41) is 2.25. The van der Waals surface area contributed by atoms with Gasteiger partial charge in [0, 0.05) is 12.1 Å². The van der Waals surface area contributed by atoms with E-state index in [0.29, 0.717) is 6.54 Å². The van der Waals surface area contributed by atoms with Crippen LogP contribution in [-0.2, 0) is 16.0 Å². The summed E-state index contributed by atoms with van der Waals surface area (Å²) in [6.07, 6.45) is -4.64. The average Bonchev–Trinajstić information content (AvgIpc) is 3.07. The van der Waals surface area contributed by atoms with Gasteiger partial charge in [-0.25, -0.2) is 8.42 Å². The van der Waals surface area contributed by atoms with Gasteiger partial charge in [0.05, 0.1) is 10.5 Å². The molecule has 5 nitrogen and oxygen atoms in total. The van der Waals surface area contributed by atoms with Crippen LogP contribution in [0, 0.1) is 0 Å². The Labute approximate surface area is 153 Å². The molecule has 27 heavy (non-hydrogen) atoms. The Morgan fingerprint density at radius 3 is 2.30 bits per heavy atom. The smallest absolute Gasteiger partial charge is 0.417 e. The SMILES string of the molecule is CCNc1oc(-c2ccccc2C(F)(F)F)nc1S(=O)(=O)c1ccccc1. The van der Waals surface area contributed by atoms with Gasteiger partial charge in [0.1, 0.15) is 0 Å². The lowest BCUT2D eigenvalue weighted by molar-refractivity contribution is -0.137. The fraction of sp³-hybridized carbons (Fsp3) is 0.167. The van der Waals surface area contributed by atoms with E-state index in [2.05, 4.69) is 10.3 Å². The molecule has 3 rings (SSSR count). The molecule has 0 saturated carbocycles. The standard InChI is InChI=1S/C18H15F3N2O3S/c1-2-22-16-17(27(24,25)12-8-4-3-5-9-12)23-15(26-16)13-10-6-7-11-14(13)18(19,20)21/h3-11,22H,2H2,1H3. The number of benzene rings is 2. The number of rotatable bonds is 5. The summed E-state index contributed by atoms with van der Waals surface area (Å²) in [6.45, 7) is 2.00. The minimum absolute atomic E-state index is 0.0342. The van der Waals surface area contributed by atoms with E-state index >= 15 is 0 Å². The number of hydrogen-bond donors (Lipinski definition) is 1. The molecular weight excluding hydrogens is 381 g/mol. The van der Waals surface area contributed by atoms with Crippen LogP contribution in [-0.4, -0.2) is 19.9 Å². The molecule has 0 aliphatic heterocycles. The van der Waals surface area contributed by atoms with Crippen LogP contribution in [0.25, 0.3) is 11.5 Å². The molecule has 0 bridgehead atoms. The molecule has 0 atom stereocenters. The Morgan fingerprint density at radius 1 is 1.04 bits per heavy atom. The zero-order chi connectivity index (χ0) is 19.7. The minimum atomic E-state index is -4.64. The first kappa shape index (κ1) is 19.0. The van der Waals surface area contributed by atoms with Crippen LogP contribution in [0.4, 0.5) is 19.1 Å². The molecule has 3 aromatic rings. The van der Waals surface area contributed by atoms with Crippen LogP contribution >= 0.6 is 0 Å². The maximum atomic E-state index is 13.3. The molecule has 0 amide bonds. The summed E-state index contributed by atoms with van der Waals surface area (Å²) < 4.78 is 71.0. The van der Waals surface area contributed by atoms with Crippen LogP contribution in [0.1, 0.15) is 12.5 Å². The van der Waals surface area contributed by atoms with Gasteiger partial charge >= 0.3 is 6.18 Å². The monoisotopic (exact) mass is 396 g/mol. The number of halogens is 3. The largest absolute Gasteiger partial charge is 0.419 e. The Kier molecular flexibility index (Phi) is 4.97. The maximum Gasteiger partial charge on any atom is 0.417 e. The second kappa shape index (κ2) is 7.07. The van der Waals surface area contributed by atoms with E-state index in [1.54, 1.807) is 25.1 Å². The van der Waals surface area contributed by atoms with Gasteiger partial charge in [0.15, 0.2) is 0 Å². The summed E-state index contributed by atoms with van der Waals surface area (Å²) >= 11 is 0. The molecule has 1 heterocycles. The van der Waals surface area contributed by atoms with E-state index in [0.717, 1.165) is 6.07 Å². The molecule has 0 radical (unpaired) electrons. The van der Waals surface area contributed by atoms with Crippen LogP contribution in [0.2, 0.25) is 0 Å². The summed E-state index contributed by atoms with van der Waals surface area (Å²) in [5.74, 6) is -0.623. The Morgan fingerprint density at radius 2 is 1.67 bits per heavy atom. The van der Waals surface area contributed by atoms with Gasteiger partial charge in [0.25, 0.3) is 0 Å². The third kappa shape index (κ3) is 3.68. The lowest BCUT2D eigenvalue weighted by atomic mass is 10.1. The molecule has 0 saturated heterocycles. The second-order valence-electron chi connectivity index (χ2n) is 5.54. The highest BCUT2D eigenvalue weighted by Crippen LogP contribution is 2.39. The number of alkyl halides is 3. The highest BCUT2D eigenvalue weighted by molar-refractivity contribution is 7.91. The van der Waals surface area contributed by atoms with Gasteiger partial charge in [-0.15, -0.1) is 0 Å². The first-order chi connectivity index (χ1) is 12.7. The van der Waals surface area contributed by atoms with Crippen molar-refractivity contribution in [1.29, 1.82) is 0 Å². The third-order valence-electron chi connectivity index (χ3n) is 3.70. The number of oxazole rings is 1. The molecule has 9 heteroatoms. The van der Waals surface area contributed by atoms with Crippen molar-refractivity contribution in [2.75, 3.05) is 11.9 Å². The van der Waals surface area contributed by atoms with Crippen LogP contribution < -0.4 is 5.32 Å². The molecule has 0 unspecified atom stereocenters. The number of anilines is 1. The molecule has 0 aliphatic rings. The molecule has 0 fully saturated rings. The van der Waals surface area contributed by atoms with Gasteiger partial charge in [-0.1, -0.05) is 30.3 Å². The van der Waals surface area contributed by atoms with E-state index in [4.69, 9.17) is 4.42 Å². The second-order valence-corrected chi connectivity index (χ2v) is 7.41. The van der Waals surface area contributed by atoms with Gasteiger partial charge in [-0.3, -0.25) is 0 Å². The van der Waals surface area contributed by atoms with Crippen LogP contribution in [0.3, 0.4) is 0 Å². The van der Waals surface area contributed by atoms with E-state index in [9.17, 15) is 21.6 Å². The fourth-order valence-electron chi connectivity index (χ4n) is 2.50. The van der Waals surface area contributed by atoms with Gasteiger partial charge in [-0.05, 0) is 31.2 Å². The zero-order valence-electron chi connectivity index (χ0n) is 14.1. The van der Waals surface area contributed by atoms with E-state index in [-0.39, 0.29) is 16.3 Å². The summed E-state index contributed by atoms with van der Waals surface area (Å²) in [7, 11) is -4.08. The number of nitrogens with one attached hydrogen (secondary N) is 1. The predicted octanol–water partition coefficient (Wildman–Crippen LogP) is 4.63. The third-order valence-corrected chi connectivity index (χ3v) is 5.38. The minimum Gasteiger partial charge on any atom is -0.419 e. The summed E-state index contributed by atoms with van der Waals surface area (Å²) in [6, 6.07) is 12.2. The molecule has 2 aromatic carbocycles. The van der Waals surface area contributed by atoms with Gasteiger partial charge < -0.3 is 9.73 Å². The maximum absolute atomic E-state index is 13.3. The van der Waals surface area contributed by atoms with Gasteiger partial charge in [0.2, 0.25) is 26.6 Å². The van der Waals surface area contributed by atoms with Crippen molar-refractivity contribution in [3.63, 3.8) is 0 Å². The normalized spacial score (nSPS) is 12.1. The quantitative estimate of drug-likeness (QED) is 0.681. The van der Waals surface area contributed by atoms with Gasteiger partial charge in [-0.2, -0.15) is 18.2 Å². The first-order valence-electron chi connectivity index (χ1n) is 7.96. The van der Waals surface area contributed by atoms with Crippen molar-refractivity contribution >= 4 is 15.7 Å². The van der Waals surface area contributed by atoms with Crippen molar-refractivity contribution in [2.45, 2.75) is 23.0 Å². The molecule has 0 aliphatic carbocycles. The van der Waals surface area contributed by atoms with Crippen LogP contribution in [0.15, 0.2) is 68.9 Å². The topological polar surface area (TPSA) is 72.2 Å². The lowest BCUT2D eigenvalue weighted by Gasteiger charge is -2.09. The van der Waals surface area contributed by atoms with E-state index < -0.39 is 32.5 Å². The molecule has 1 aromatic heterocycles. The van der Waals surface area contributed by atoms with Crippen molar-refractivity contribution in [3.05, 3.63) is 60.2 Å². The van der Waals surface area contributed by atoms with Crippen LogP contribution in [0.5, 0.6) is 0 Å². The Hall–Kier alpha value is -2.81. The highest BCUT2D eigenvalue weighted by atomic mass is 32.2. The predicted molar refractivity (Wildman–Crippen MR) is 93.0 cm³/mol. The highest BCUT2D eigenvalue weighted by Gasteiger charge is 2.36. The number of nitrogens with zero attached hydrogens (tertiary/aromatic N) is 1. The first-order valence-corrected chi connectivity index (χ1v) is 9.45. The summed E-state index contributed by atoms with van der Waals surface area (Å²) in [5.41, 5.74) is -1.29. The fourth-order valence-corrected chi connectivity index (χ4v) is 3.80. The van der Waals surface area contributed by atoms with Crippen molar-refractivity contribution < 1.29 is 26.0 Å². The molecule has 1 N–H and O–H groups in total. The molecular formula is C18H15F3N2O3S. The van der Waals surface area contributed by atoms with Crippen molar-refractivity contribution in [2.24, 2.45) is 0 Å². The summed E-state index contributed by atoms with van der Waals surface area (Å²) in [4.78, 5) is 3.87. The Bertz CT molecular complexity index is 1050. The lowest BCUT2D eigenvalue weighted by Crippen LogP contribution is -2.08. The number of aromatic nitrogens is 1. The number of sulfone groups is 1. The molecule has 142 valence electrons. The number of hydrogen-bond acceptors (Lipinski definition) is 5. The van der Waals surface area contributed by atoms with Crippen molar-refractivity contribution in [1.82, 2.24) is 4.98 Å². The van der Waals surface area contributed by atoms with E-state index in [1.807, 2.05) is 0 Å². The average molecular weight is 396 g/mol. The van der Waals surface area contributed by atoms with E-state index in [1.165, 1.54) is 30.3 Å². The Balaban J connectivity index is 2.19. The zero-order valence-corrected chi connectivity index (χ0v) is 14.9. The molecule has 0 spiro atoms. The van der Waals surface area contributed by atoms with Crippen molar-refractivity contribution in [3.8, 4) is 11.5 Å².